The monoisotopic (exact) mass is 307 g/mol. The number of carboxylic acid groups (broad SMARTS) is 1. The van der Waals surface area contributed by atoms with Crippen molar-refractivity contribution in [2.75, 3.05) is 0 Å². The molecule has 3 aromatic heterocycles. The smallest absolute Gasteiger partial charge is 0.325 e. The molecule has 0 bridgehead atoms. The van der Waals surface area contributed by atoms with Crippen molar-refractivity contribution in [1.29, 1.82) is 0 Å². The van der Waals surface area contributed by atoms with E-state index >= 15 is 0 Å². The Morgan fingerprint density at radius 3 is 2.86 bits per heavy atom. The number of aromatic nitrogens is 3. The lowest BCUT2D eigenvalue weighted by atomic mass is 10.1. The summed E-state index contributed by atoms with van der Waals surface area (Å²) < 4.78 is 33.0. The van der Waals surface area contributed by atoms with Gasteiger partial charge in [-0.15, -0.1) is 0 Å². The molecular formula is C14H11F2N3O3. The van der Waals surface area contributed by atoms with Gasteiger partial charge in [0.15, 0.2) is 11.4 Å². The second-order valence-electron chi connectivity index (χ2n) is 4.71. The number of aryl methyl sites for hydroxylation is 1. The highest BCUT2D eigenvalue weighted by Crippen LogP contribution is 2.33. The molecule has 3 heterocycles. The van der Waals surface area contributed by atoms with Crippen LogP contribution in [0.1, 0.15) is 17.7 Å². The minimum Gasteiger partial charge on any atom is -0.480 e. The largest absolute Gasteiger partial charge is 0.480 e. The first-order chi connectivity index (χ1) is 10.5. The highest BCUT2D eigenvalue weighted by molar-refractivity contribution is 5.85. The summed E-state index contributed by atoms with van der Waals surface area (Å²) in [6.07, 6.45) is -1.33. The van der Waals surface area contributed by atoms with E-state index in [0.717, 1.165) is 4.68 Å². The van der Waals surface area contributed by atoms with E-state index < -0.39 is 18.9 Å². The van der Waals surface area contributed by atoms with E-state index in [4.69, 9.17) is 9.52 Å². The lowest BCUT2D eigenvalue weighted by Gasteiger charge is -2.06. The van der Waals surface area contributed by atoms with Crippen LogP contribution >= 0.6 is 0 Å². The number of pyridine rings is 1. The number of aliphatic carboxylic acids is 1. The van der Waals surface area contributed by atoms with Gasteiger partial charge in [-0.3, -0.25) is 4.79 Å². The van der Waals surface area contributed by atoms with E-state index in [9.17, 15) is 13.6 Å². The van der Waals surface area contributed by atoms with E-state index in [-0.39, 0.29) is 22.3 Å². The van der Waals surface area contributed by atoms with Crippen molar-refractivity contribution in [3.05, 3.63) is 35.7 Å². The lowest BCUT2D eigenvalue weighted by molar-refractivity contribution is -0.137. The van der Waals surface area contributed by atoms with Crippen molar-refractivity contribution in [1.82, 2.24) is 14.8 Å². The van der Waals surface area contributed by atoms with Gasteiger partial charge in [0.25, 0.3) is 6.43 Å². The van der Waals surface area contributed by atoms with Gasteiger partial charge in [0.2, 0.25) is 0 Å². The summed E-state index contributed by atoms with van der Waals surface area (Å²) in [5.41, 5.74) is 0.374. The Labute approximate surface area is 123 Å². The van der Waals surface area contributed by atoms with Gasteiger partial charge >= 0.3 is 5.97 Å². The average molecular weight is 307 g/mol. The molecule has 0 spiro atoms. The van der Waals surface area contributed by atoms with E-state index in [1.165, 1.54) is 12.3 Å². The summed E-state index contributed by atoms with van der Waals surface area (Å²) >= 11 is 0. The quantitative estimate of drug-likeness (QED) is 0.801. The molecule has 0 aliphatic rings. The molecule has 0 aromatic carbocycles. The fourth-order valence-corrected chi connectivity index (χ4v) is 2.35. The first kappa shape index (κ1) is 14.2. The second kappa shape index (κ2) is 5.21. The zero-order chi connectivity index (χ0) is 15.9. The molecule has 6 nitrogen and oxygen atoms in total. The van der Waals surface area contributed by atoms with Crippen molar-refractivity contribution in [2.24, 2.45) is 0 Å². The fourth-order valence-electron chi connectivity index (χ4n) is 2.35. The molecule has 22 heavy (non-hydrogen) atoms. The number of alkyl halides is 2. The van der Waals surface area contributed by atoms with E-state index in [0.29, 0.717) is 11.5 Å². The number of nitrogens with zero attached hydrogens (tertiary/aromatic N) is 3. The number of fused-ring (bicyclic) bond motifs is 1. The van der Waals surface area contributed by atoms with Crippen molar-refractivity contribution in [3.8, 4) is 11.5 Å². The van der Waals surface area contributed by atoms with E-state index in [1.54, 1.807) is 19.1 Å². The number of rotatable bonds is 4. The number of carboxylic acids is 1. The number of hydrogen-bond donors (Lipinski definition) is 1. The van der Waals surface area contributed by atoms with Crippen LogP contribution in [0.2, 0.25) is 0 Å². The van der Waals surface area contributed by atoms with Crippen LogP contribution in [0.4, 0.5) is 8.78 Å². The van der Waals surface area contributed by atoms with Gasteiger partial charge in [0.1, 0.15) is 12.2 Å². The van der Waals surface area contributed by atoms with Crippen LogP contribution in [0.5, 0.6) is 0 Å². The van der Waals surface area contributed by atoms with Gasteiger partial charge in [-0.05, 0) is 25.1 Å². The van der Waals surface area contributed by atoms with Crippen LogP contribution in [0.25, 0.3) is 22.5 Å². The van der Waals surface area contributed by atoms with Crippen molar-refractivity contribution < 1.29 is 23.1 Å². The Bertz CT molecular complexity index is 841. The number of furan rings is 1. The molecule has 0 radical (unpaired) electrons. The topological polar surface area (TPSA) is 81.2 Å². The Hall–Kier alpha value is -2.77. The number of hydrogen-bond acceptors (Lipinski definition) is 4. The lowest BCUT2D eigenvalue weighted by Crippen LogP contribution is -2.11. The molecule has 1 N–H and O–H groups in total. The van der Waals surface area contributed by atoms with Gasteiger partial charge in [-0.1, -0.05) is 0 Å². The number of carbonyl (C=O) groups is 1. The SMILES string of the molecule is Cc1nn(CC(=O)O)c2nc(-c3ccco3)cc(C(F)F)c12. The predicted molar refractivity (Wildman–Crippen MR) is 72.6 cm³/mol. The van der Waals surface area contributed by atoms with Gasteiger partial charge in [-0.2, -0.15) is 5.10 Å². The summed E-state index contributed by atoms with van der Waals surface area (Å²) in [5, 5.41) is 13.1. The Kier molecular flexibility index (Phi) is 3.36. The van der Waals surface area contributed by atoms with Crippen LogP contribution in [-0.2, 0) is 11.3 Å². The molecular weight excluding hydrogens is 296 g/mol. The molecule has 8 heteroatoms. The third-order valence-corrected chi connectivity index (χ3v) is 3.20. The van der Waals surface area contributed by atoms with Crippen LogP contribution in [-0.4, -0.2) is 25.8 Å². The molecule has 114 valence electrons. The minimum absolute atomic E-state index is 0.101. The van der Waals surface area contributed by atoms with Gasteiger partial charge < -0.3 is 9.52 Å². The maximum absolute atomic E-state index is 13.4. The highest BCUT2D eigenvalue weighted by Gasteiger charge is 2.22. The first-order valence-corrected chi connectivity index (χ1v) is 6.39. The third kappa shape index (κ3) is 2.32. The van der Waals surface area contributed by atoms with E-state index in [2.05, 4.69) is 10.1 Å². The fraction of sp³-hybridized carbons (Fsp3) is 0.214. The average Bonchev–Trinajstić information content (AvgIpc) is 3.07. The maximum atomic E-state index is 13.4. The van der Waals surface area contributed by atoms with Crippen LogP contribution in [0.15, 0.2) is 28.9 Å². The standard InChI is InChI=1S/C14H11F2N3O3/c1-7-12-8(13(15)16)5-9(10-3-2-4-22-10)17-14(12)19(18-7)6-11(20)21/h2-5,13H,6H2,1H3,(H,20,21). The molecule has 0 aliphatic heterocycles. The summed E-state index contributed by atoms with van der Waals surface area (Å²) in [5.74, 6) is -0.808. The van der Waals surface area contributed by atoms with Gasteiger partial charge in [-0.25, -0.2) is 18.4 Å². The normalized spacial score (nSPS) is 11.5. The molecule has 0 fully saturated rings. The highest BCUT2D eigenvalue weighted by atomic mass is 19.3. The Morgan fingerprint density at radius 2 is 2.27 bits per heavy atom. The van der Waals surface area contributed by atoms with E-state index in [1.807, 2.05) is 0 Å². The summed E-state index contributed by atoms with van der Waals surface area (Å²) in [6.45, 7) is 1.09. The molecule has 0 saturated carbocycles. The minimum atomic E-state index is -2.74. The van der Waals surface area contributed by atoms with Gasteiger partial charge in [0, 0.05) is 5.56 Å². The van der Waals surface area contributed by atoms with Gasteiger partial charge in [0.05, 0.1) is 17.3 Å². The van der Waals surface area contributed by atoms with Crippen molar-refractivity contribution in [3.63, 3.8) is 0 Å². The molecule has 3 rings (SSSR count). The molecule has 0 atom stereocenters. The number of halogens is 2. The van der Waals surface area contributed by atoms with Crippen LogP contribution in [0.3, 0.4) is 0 Å². The summed E-state index contributed by atoms with van der Waals surface area (Å²) in [4.78, 5) is 15.1. The Morgan fingerprint density at radius 1 is 1.50 bits per heavy atom. The predicted octanol–water partition coefficient (Wildman–Crippen LogP) is 3.02. The van der Waals surface area contributed by atoms with Crippen LogP contribution < -0.4 is 0 Å². The molecule has 3 aromatic rings. The van der Waals surface area contributed by atoms with Crippen LogP contribution in [0, 0.1) is 6.92 Å². The molecule has 0 unspecified atom stereocenters. The third-order valence-electron chi connectivity index (χ3n) is 3.20. The maximum Gasteiger partial charge on any atom is 0.325 e. The van der Waals surface area contributed by atoms with Crippen molar-refractivity contribution in [2.45, 2.75) is 19.9 Å². The first-order valence-electron chi connectivity index (χ1n) is 6.39. The summed E-state index contributed by atoms with van der Waals surface area (Å²) in [6, 6.07) is 4.45. The molecule has 0 aliphatic carbocycles. The molecule has 0 saturated heterocycles. The molecule has 0 amide bonds. The zero-order valence-corrected chi connectivity index (χ0v) is 11.5. The van der Waals surface area contributed by atoms with Crippen molar-refractivity contribution >= 4 is 17.0 Å². The Balaban J connectivity index is 2.31. The second-order valence-corrected chi connectivity index (χ2v) is 4.71. The summed E-state index contributed by atoms with van der Waals surface area (Å²) in [7, 11) is 0. The zero-order valence-electron chi connectivity index (χ0n) is 11.5.